The van der Waals surface area contributed by atoms with Gasteiger partial charge in [0, 0.05) is 37.6 Å². The first kappa shape index (κ1) is 17.8. The van der Waals surface area contributed by atoms with E-state index in [1.165, 1.54) is 6.92 Å². The number of benzene rings is 1. The monoisotopic (exact) mass is 355 g/mol. The minimum absolute atomic E-state index is 0.147. The second kappa shape index (κ2) is 8.39. The largest absolute Gasteiger partial charge is 0.376 e. The summed E-state index contributed by atoms with van der Waals surface area (Å²) in [5.41, 5.74) is 1.54. The van der Waals surface area contributed by atoms with E-state index in [0.29, 0.717) is 23.9 Å². The summed E-state index contributed by atoms with van der Waals surface area (Å²) in [4.78, 5) is 31.8. The third kappa shape index (κ3) is 5.00. The maximum absolute atomic E-state index is 12.4. The van der Waals surface area contributed by atoms with Gasteiger partial charge in [0.25, 0.3) is 5.91 Å². The first-order valence-corrected chi connectivity index (χ1v) is 8.48. The molecule has 2 amide bonds. The van der Waals surface area contributed by atoms with Gasteiger partial charge in [-0.15, -0.1) is 0 Å². The van der Waals surface area contributed by atoms with Gasteiger partial charge in [-0.25, -0.2) is 9.97 Å². The van der Waals surface area contributed by atoms with Gasteiger partial charge >= 0.3 is 0 Å². The molecule has 0 aliphatic carbocycles. The van der Waals surface area contributed by atoms with E-state index in [1.54, 1.807) is 36.5 Å². The van der Waals surface area contributed by atoms with Gasteiger partial charge in [0.05, 0.1) is 6.10 Å². The van der Waals surface area contributed by atoms with Crippen LogP contribution in [0.4, 0.5) is 17.3 Å². The van der Waals surface area contributed by atoms with Crippen molar-refractivity contribution in [3.05, 3.63) is 42.2 Å². The number of rotatable bonds is 6. The molecule has 26 heavy (non-hydrogen) atoms. The van der Waals surface area contributed by atoms with Crippen LogP contribution in [-0.2, 0) is 9.53 Å². The quantitative estimate of drug-likeness (QED) is 0.734. The molecule has 1 aliphatic heterocycles. The summed E-state index contributed by atoms with van der Waals surface area (Å²) in [5.74, 6) is -0.0835. The van der Waals surface area contributed by atoms with Crippen LogP contribution < -0.4 is 16.0 Å². The zero-order chi connectivity index (χ0) is 18.4. The van der Waals surface area contributed by atoms with Crippen molar-refractivity contribution in [1.82, 2.24) is 9.97 Å². The summed E-state index contributed by atoms with van der Waals surface area (Å²) < 4.78 is 5.54. The Labute approximate surface area is 151 Å². The fourth-order valence-corrected chi connectivity index (χ4v) is 2.62. The maximum Gasteiger partial charge on any atom is 0.274 e. The van der Waals surface area contributed by atoms with Crippen molar-refractivity contribution in [2.45, 2.75) is 25.9 Å². The molecule has 0 radical (unpaired) electrons. The van der Waals surface area contributed by atoms with Gasteiger partial charge in [0.1, 0.15) is 5.69 Å². The molecule has 8 heteroatoms. The molecule has 1 aliphatic rings. The number of ether oxygens (including phenoxy) is 1. The molecule has 3 N–H and O–H groups in total. The Kier molecular flexibility index (Phi) is 5.75. The fourth-order valence-electron chi connectivity index (χ4n) is 2.62. The Morgan fingerprint density at radius 2 is 1.88 bits per heavy atom. The van der Waals surface area contributed by atoms with E-state index in [1.807, 2.05) is 0 Å². The van der Waals surface area contributed by atoms with Crippen LogP contribution in [0.25, 0.3) is 0 Å². The van der Waals surface area contributed by atoms with Gasteiger partial charge in [-0.05, 0) is 43.2 Å². The van der Waals surface area contributed by atoms with Crippen molar-refractivity contribution < 1.29 is 14.3 Å². The Hall–Kier alpha value is -3.00. The van der Waals surface area contributed by atoms with Crippen LogP contribution in [-0.4, -0.2) is 41.0 Å². The lowest BCUT2D eigenvalue weighted by Crippen LogP contribution is -2.21. The standard InChI is InChI=1S/C18H21N5O3/c1-12(24)21-13-4-6-14(7-5-13)22-17(25)16-8-9-19-18(23-16)20-11-15-3-2-10-26-15/h4-9,15H,2-3,10-11H2,1H3,(H,21,24)(H,22,25)(H,19,20,23). The molecule has 136 valence electrons. The number of aromatic nitrogens is 2. The minimum Gasteiger partial charge on any atom is -0.376 e. The predicted octanol–water partition coefficient (Wildman–Crippen LogP) is 2.28. The summed E-state index contributed by atoms with van der Waals surface area (Å²) in [6.45, 7) is 2.85. The smallest absolute Gasteiger partial charge is 0.274 e. The Bertz CT molecular complexity index is 773. The van der Waals surface area contributed by atoms with Gasteiger partial charge in [-0.3, -0.25) is 9.59 Å². The van der Waals surface area contributed by atoms with E-state index in [0.717, 1.165) is 19.4 Å². The van der Waals surface area contributed by atoms with Gasteiger partial charge in [-0.2, -0.15) is 0 Å². The molecule has 0 bridgehead atoms. The van der Waals surface area contributed by atoms with Gasteiger partial charge in [0.2, 0.25) is 11.9 Å². The zero-order valence-electron chi connectivity index (χ0n) is 14.5. The number of hydrogen-bond acceptors (Lipinski definition) is 6. The molecule has 1 fully saturated rings. The molecule has 0 spiro atoms. The average Bonchev–Trinajstić information content (AvgIpc) is 3.15. The number of carbonyl (C=O) groups is 2. The molecule has 8 nitrogen and oxygen atoms in total. The predicted molar refractivity (Wildman–Crippen MR) is 98.2 cm³/mol. The third-order valence-corrected chi connectivity index (χ3v) is 3.86. The Morgan fingerprint density at radius 1 is 1.15 bits per heavy atom. The molecule has 1 aromatic carbocycles. The number of carbonyl (C=O) groups excluding carboxylic acids is 2. The van der Waals surface area contributed by atoms with E-state index in [2.05, 4.69) is 25.9 Å². The van der Waals surface area contributed by atoms with Gasteiger partial charge in [0.15, 0.2) is 0 Å². The molecule has 1 unspecified atom stereocenters. The summed E-state index contributed by atoms with van der Waals surface area (Å²) in [5, 5.41) is 8.54. The summed E-state index contributed by atoms with van der Waals surface area (Å²) >= 11 is 0. The number of amides is 2. The molecule has 2 aromatic rings. The van der Waals surface area contributed by atoms with Crippen LogP contribution in [0.5, 0.6) is 0 Å². The molecular formula is C18H21N5O3. The molecule has 3 rings (SSSR count). The lowest BCUT2D eigenvalue weighted by Gasteiger charge is -2.11. The molecular weight excluding hydrogens is 334 g/mol. The second-order valence-corrected chi connectivity index (χ2v) is 5.99. The third-order valence-electron chi connectivity index (χ3n) is 3.86. The van der Waals surface area contributed by atoms with Crippen molar-refractivity contribution in [1.29, 1.82) is 0 Å². The molecule has 2 heterocycles. The van der Waals surface area contributed by atoms with Crippen LogP contribution in [0.15, 0.2) is 36.5 Å². The van der Waals surface area contributed by atoms with Crippen molar-refractivity contribution >= 4 is 29.1 Å². The van der Waals surface area contributed by atoms with Crippen LogP contribution in [0.1, 0.15) is 30.3 Å². The molecule has 1 saturated heterocycles. The first-order valence-electron chi connectivity index (χ1n) is 8.48. The van der Waals surface area contributed by atoms with Crippen LogP contribution >= 0.6 is 0 Å². The van der Waals surface area contributed by atoms with Crippen LogP contribution in [0.3, 0.4) is 0 Å². The van der Waals surface area contributed by atoms with E-state index in [9.17, 15) is 9.59 Å². The zero-order valence-corrected chi connectivity index (χ0v) is 14.5. The highest BCUT2D eigenvalue weighted by molar-refractivity contribution is 6.03. The lowest BCUT2D eigenvalue weighted by atomic mass is 10.2. The highest BCUT2D eigenvalue weighted by Gasteiger charge is 2.16. The normalized spacial score (nSPS) is 16.1. The molecule has 1 aromatic heterocycles. The van der Waals surface area contributed by atoms with Gasteiger partial charge < -0.3 is 20.7 Å². The van der Waals surface area contributed by atoms with E-state index >= 15 is 0 Å². The number of anilines is 3. The molecule has 1 atom stereocenters. The number of hydrogen-bond donors (Lipinski definition) is 3. The average molecular weight is 355 g/mol. The van der Waals surface area contributed by atoms with Crippen molar-refractivity contribution in [3.63, 3.8) is 0 Å². The highest BCUT2D eigenvalue weighted by Crippen LogP contribution is 2.15. The summed E-state index contributed by atoms with van der Waals surface area (Å²) in [7, 11) is 0. The summed E-state index contributed by atoms with van der Waals surface area (Å²) in [6.07, 6.45) is 3.79. The van der Waals surface area contributed by atoms with Crippen molar-refractivity contribution in [2.75, 3.05) is 29.1 Å². The van der Waals surface area contributed by atoms with Crippen LogP contribution in [0.2, 0.25) is 0 Å². The lowest BCUT2D eigenvalue weighted by molar-refractivity contribution is -0.114. The van der Waals surface area contributed by atoms with Crippen molar-refractivity contribution in [3.8, 4) is 0 Å². The van der Waals surface area contributed by atoms with Crippen LogP contribution in [0, 0.1) is 0 Å². The van der Waals surface area contributed by atoms with Crippen molar-refractivity contribution in [2.24, 2.45) is 0 Å². The van der Waals surface area contributed by atoms with Gasteiger partial charge in [-0.1, -0.05) is 0 Å². The maximum atomic E-state index is 12.4. The van der Waals surface area contributed by atoms with E-state index < -0.39 is 0 Å². The Balaban J connectivity index is 1.58. The summed E-state index contributed by atoms with van der Waals surface area (Å²) in [6, 6.07) is 8.40. The topological polar surface area (TPSA) is 105 Å². The fraction of sp³-hybridized carbons (Fsp3) is 0.333. The Morgan fingerprint density at radius 3 is 2.54 bits per heavy atom. The van der Waals surface area contributed by atoms with E-state index in [4.69, 9.17) is 4.74 Å². The van der Waals surface area contributed by atoms with E-state index in [-0.39, 0.29) is 23.6 Å². The highest BCUT2D eigenvalue weighted by atomic mass is 16.5. The second-order valence-electron chi connectivity index (χ2n) is 5.99. The first-order chi connectivity index (χ1) is 12.6. The number of nitrogens with one attached hydrogen (secondary N) is 3. The minimum atomic E-state index is -0.333. The molecule has 0 saturated carbocycles. The SMILES string of the molecule is CC(=O)Nc1ccc(NC(=O)c2ccnc(NCC3CCCO3)n2)cc1. The number of nitrogens with zero attached hydrogens (tertiary/aromatic N) is 2.